The van der Waals surface area contributed by atoms with E-state index >= 15 is 0 Å². The summed E-state index contributed by atoms with van der Waals surface area (Å²) in [5.74, 6) is 1.99. The average molecular weight is 270 g/mol. The number of hydrogen-bond donors (Lipinski definition) is 2. The van der Waals surface area contributed by atoms with E-state index in [9.17, 15) is 4.79 Å². The minimum absolute atomic E-state index is 0.251. The first-order chi connectivity index (χ1) is 9.79. The second-order valence-corrected chi connectivity index (χ2v) is 6.68. The van der Waals surface area contributed by atoms with Gasteiger partial charge in [-0.15, -0.1) is 0 Å². The van der Waals surface area contributed by atoms with Crippen molar-refractivity contribution in [2.75, 3.05) is 11.9 Å². The molecular weight excluding hydrogens is 248 g/mol. The molecule has 1 aromatic rings. The predicted octanol–water partition coefficient (Wildman–Crippen LogP) is 2.71. The molecule has 2 aliphatic carbocycles. The SMILES string of the molecule is O=C(Nc1ccc2c(c1)CNCC2)C1CC2CCC1C2. The summed E-state index contributed by atoms with van der Waals surface area (Å²) in [6, 6.07) is 6.38. The van der Waals surface area contributed by atoms with Crippen LogP contribution in [0.1, 0.15) is 36.8 Å². The third kappa shape index (κ3) is 2.14. The van der Waals surface area contributed by atoms with E-state index in [0.29, 0.717) is 5.92 Å². The number of hydrogen-bond acceptors (Lipinski definition) is 2. The molecule has 3 heteroatoms. The zero-order valence-corrected chi connectivity index (χ0v) is 11.8. The highest BCUT2D eigenvalue weighted by molar-refractivity contribution is 5.93. The predicted molar refractivity (Wildman–Crippen MR) is 79.4 cm³/mol. The van der Waals surface area contributed by atoms with Gasteiger partial charge in [-0.05, 0) is 67.3 Å². The van der Waals surface area contributed by atoms with E-state index in [1.807, 2.05) is 0 Å². The van der Waals surface area contributed by atoms with Crippen molar-refractivity contribution in [3.05, 3.63) is 29.3 Å². The van der Waals surface area contributed by atoms with Crippen LogP contribution in [0.4, 0.5) is 5.69 Å². The minimum atomic E-state index is 0.251. The summed E-state index contributed by atoms with van der Waals surface area (Å²) < 4.78 is 0. The van der Waals surface area contributed by atoms with Gasteiger partial charge >= 0.3 is 0 Å². The van der Waals surface area contributed by atoms with E-state index in [1.165, 1.54) is 30.4 Å². The Morgan fingerprint density at radius 1 is 1.20 bits per heavy atom. The average Bonchev–Trinajstić information content (AvgIpc) is 3.10. The molecule has 2 fully saturated rings. The van der Waals surface area contributed by atoms with Crippen LogP contribution in [0.3, 0.4) is 0 Å². The number of rotatable bonds is 2. The van der Waals surface area contributed by atoms with E-state index in [0.717, 1.165) is 37.5 Å². The van der Waals surface area contributed by atoms with Gasteiger partial charge in [0.15, 0.2) is 0 Å². The summed E-state index contributed by atoms with van der Waals surface area (Å²) in [7, 11) is 0. The Labute approximate surface area is 120 Å². The summed E-state index contributed by atoms with van der Waals surface area (Å²) >= 11 is 0. The molecule has 1 aromatic carbocycles. The van der Waals surface area contributed by atoms with Crippen molar-refractivity contribution in [1.29, 1.82) is 0 Å². The van der Waals surface area contributed by atoms with Gasteiger partial charge in [0.05, 0.1) is 0 Å². The molecule has 0 radical (unpaired) electrons. The first-order valence-electron chi connectivity index (χ1n) is 7.93. The number of carbonyl (C=O) groups excluding carboxylic acids is 1. The fourth-order valence-corrected chi connectivity index (χ4v) is 4.36. The fourth-order valence-electron chi connectivity index (χ4n) is 4.36. The molecule has 3 atom stereocenters. The summed E-state index contributed by atoms with van der Waals surface area (Å²) in [6.07, 6.45) is 6.10. The Morgan fingerprint density at radius 3 is 2.95 bits per heavy atom. The maximum Gasteiger partial charge on any atom is 0.227 e. The first kappa shape index (κ1) is 12.4. The number of amides is 1. The van der Waals surface area contributed by atoms with Gasteiger partial charge in [-0.2, -0.15) is 0 Å². The van der Waals surface area contributed by atoms with Gasteiger partial charge in [-0.3, -0.25) is 4.79 Å². The van der Waals surface area contributed by atoms with Crippen LogP contribution < -0.4 is 10.6 Å². The van der Waals surface area contributed by atoms with Crippen LogP contribution in [0.2, 0.25) is 0 Å². The molecule has 3 nitrogen and oxygen atoms in total. The maximum atomic E-state index is 12.4. The van der Waals surface area contributed by atoms with Gasteiger partial charge in [-0.1, -0.05) is 12.5 Å². The standard InChI is InChI=1S/C17H22N2O/c20-17(16-8-11-1-2-13(16)7-11)19-15-4-3-12-5-6-18-10-14(12)9-15/h3-4,9,11,13,16,18H,1-2,5-8,10H2,(H,19,20). The maximum absolute atomic E-state index is 12.4. The van der Waals surface area contributed by atoms with E-state index < -0.39 is 0 Å². The number of anilines is 1. The third-order valence-corrected chi connectivity index (χ3v) is 5.44. The Kier molecular flexibility index (Phi) is 3.03. The molecule has 1 amide bonds. The molecule has 106 valence electrons. The Balaban J connectivity index is 1.47. The molecule has 3 aliphatic rings. The van der Waals surface area contributed by atoms with Crippen LogP contribution in [0.5, 0.6) is 0 Å². The Bertz CT molecular complexity index is 540. The van der Waals surface area contributed by atoms with Gasteiger partial charge in [-0.25, -0.2) is 0 Å². The van der Waals surface area contributed by atoms with E-state index in [1.54, 1.807) is 0 Å². The number of benzene rings is 1. The van der Waals surface area contributed by atoms with Crippen molar-refractivity contribution in [1.82, 2.24) is 5.32 Å². The normalized spacial score (nSPS) is 31.1. The molecular formula is C17H22N2O. The topological polar surface area (TPSA) is 41.1 Å². The lowest BCUT2D eigenvalue weighted by Gasteiger charge is -2.22. The van der Waals surface area contributed by atoms with Crippen LogP contribution in [-0.4, -0.2) is 12.5 Å². The third-order valence-electron chi connectivity index (χ3n) is 5.44. The molecule has 0 aromatic heterocycles. The summed E-state index contributed by atoms with van der Waals surface area (Å²) in [4.78, 5) is 12.4. The molecule has 3 unspecified atom stereocenters. The Hall–Kier alpha value is -1.35. The second-order valence-electron chi connectivity index (χ2n) is 6.68. The van der Waals surface area contributed by atoms with Gasteiger partial charge in [0.1, 0.15) is 0 Å². The summed E-state index contributed by atoms with van der Waals surface area (Å²) in [6.45, 7) is 1.98. The Morgan fingerprint density at radius 2 is 2.15 bits per heavy atom. The number of carbonyl (C=O) groups is 1. The van der Waals surface area contributed by atoms with E-state index in [-0.39, 0.29) is 11.8 Å². The monoisotopic (exact) mass is 270 g/mol. The van der Waals surface area contributed by atoms with Crippen LogP contribution >= 0.6 is 0 Å². The largest absolute Gasteiger partial charge is 0.326 e. The zero-order chi connectivity index (χ0) is 13.5. The molecule has 0 spiro atoms. The van der Waals surface area contributed by atoms with Crippen LogP contribution in [0.25, 0.3) is 0 Å². The lowest BCUT2D eigenvalue weighted by Crippen LogP contribution is -2.28. The molecule has 1 aliphatic heterocycles. The van der Waals surface area contributed by atoms with Crippen molar-refractivity contribution in [2.24, 2.45) is 17.8 Å². The van der Waals surface area contributed by atoms with Gasteiger partial charge in [0, 0.05) is 18.2 Å². The quantitative estimate of drug-likeness (QED) is 0.867. The molecule has 1 heterocycles. The van der Waals surface area contributed by atoms with Gasteiger partial charge < -0.3 is 10.6 Å². The molecule has 2 bridgehead atoms. The summed E-state index contributed by atoms with van der Waals surface area (Å²) in [5.41, 5.74) is 3.73. The van der Waals surface area contributed by atoms with Crippen molar-refractivity contribution in [3.8, 4) is 0 Å². The van der Waals surface area contributed by atoms with Crippen LogP contribution in [-0.2, 0) is 17.8 Å². The van der Waals surface area contributed by atoms with E-state index in [4.69, 9.17) is 0 Å². The fraction of sp³-hybridized carbons (Fsp3) is 0.588. The molecule has 20 heavy (non-hydrogen) atoms. The molecule has 2 N–H and O–H groups in total. The van der Waals surface area contributed by atoms with Gasteiger partial charge in [0.2, 0.25) is 5.91 Å². The van der Waals surface area contributed by atoms with Crippen LogP contribution in [0, 0.1) is 17.8 Å². The van der Waals surface area contributed by atoms with E-state index in [2.05, 4.69) is 28.8 Å². The first-order valence-corrected chi connectivity index (χ1v) is 7.93. The number of fused-ring (bicyclic) bond motifs is 3. The van der Waals surface area contributed by atoms with Crippen molar-refractivity contribution >= 4 is 11.6 Å². The minimum Gasteiger partial charge on any atom is -0.326 e. The van der Waals surface area contributed by atoms with Crippen molar-refractivity contribution in [3.63, 3.8) is 0 Å². The second kappa shape index (κ2) is 4.88. The lowest BCUT2D eigenvalue weighted by molar-refractivity contribution is -0.121. The molecule has 2 saturated carbocycles. The highest BCUT2D eigenvalue weighted by atomic mass is 16.1. The van der Waals surface area contributed by atoms with Crippen molar-refractivity contribution in [2.45, 2.75) is 38.6 Å². The number of nitrogens with one attached hydrogen (secondary N) is 2. The summed E-state index contributed by atoms with van der Waals surface area (Å²) in [5, 5.41) is 6.54. The molecule has 0 saturated heterocycles. The van der Waals surface area contributed by atoms with Gasteiger partial charge in [0.25, 0.3) is 0 Å². The zero-order valence-electron chi connectivity index (χ0n) is 11.8. The van der Waals surface area contributed by atoms with Crippen molar-refractivity contribution < 1.29 is 4.79 Å². The highest BCUT2D eigenvalue weighted by Crippen LogP contribution is 2.48. The van der Waals surface area contributed by atoms with Crippen LogP contribution in [0.15, 0.2) is 18.2 Å². The molecule has 4 rings (SSSR count). The lowest BCUT2D eigenvalue weighted by atomic mass is 9.88. The highest BCUT2D eigenvalue weighted by Gasteiger charge is 2.42. The smallest absolute Gasteiger partial charge is 0.227 e.